The Morgan fingerprint density at radius 3 is 2.62 bits per heavy atom. The van der Waals surface area contributed by atoms with Crippen LogP contribution in [0.25, 0.3) is 0 Å². The van der Waals surface area contributed by atoms with Crippen molar-refractivity contribution in [1.82, 2.24) is 0 Å². The van der Waals surface area contributed by atoms with Crippen molar-refractivity contribution in [2.45, 2.75) is 13.2 Å². The van der Waals surface area contributed by atoms with E-state index in [-0.39, 0.29) is 6.29 Å². The molecule has 1 aromatic carbocycles. The summed E-state index contributed by atoms with van der Waals surface area (Å²) in [5.74, 6) is 0. The molecule has 0 unspecified atom stereocenters. The molecule has 16 heavy (non-hydrogen) atoms. The molecule has 0 aromatic heterocycles. The fraction of sp³-hybridized carbons (Fsp3) is 0.417. The molecule has 0 aliphatic heterocycles. The topological polar surface area (TPSA) is 54.3 Å². The van der Waals surface area contributed by atoms with Crippen molar-refractivity contribution in [2.24, 2.45) is 0 Å². The van der Waals surface area contributed by atoms with Gasteiger partial charge in [-0.15, -0.1) is 0 Å². The number of rotatable bonds is 5. The van der Waals surface area contributed by atoms with E-state index in [0.717, 1.165) is 11.3 Å². The summed E-state index contributed by atoms with van der Waals surface area (Å²) in [6.07, 6.45) is -0.287. The van der Waals surface area contributed by atoms with Crippen LogP contribution in [0.4, 0.5) is 5.69 Å². The highest BCUT2D eigenvalue weighted by molar-refractivity contribution is 5.55. The second-order valence-corrected chi connectivity index (χ2v) is 3.42. The van der Waals surface area contributed by atoms with Gasteiger partial charge in [0.1, 0.15) is 0 Å². The van der Waals surface area contributed by atoms with E-state index in [1.165, 1.54) is 0 Å². The molecule has 4 nitrogen and oxygen atoms in total. The molecule has 0 fully saturated rings. The molecule has 0 radical (unpaired) electrons. The number of hydrogen-bond donors (Lipinski definition) is 1. The maximum Gasteiger partial charge on any atom is 0.173 e. The average molecular weight is 220 g/mol. The minimum atomic E-state index is -0.287. The molecule has 1 rings (SSSR count). The molecule has 4 heteroatoms. The van der Waals surface area contributed by atoms with E-state index < -0.39 is 0 Å². The van der Waals surface area contributed by atoms with E-state index in [9.17, 15) is 0 Å². The number of nitrogens with zero attached hydrogens (tertiary/aromatic N) is 1. The van der Waals surface area contributed by atoms with Crippen LogP contribution >= 0.6 is 0 Å². The third kappa shape index (κ3) is 3.23. The zero-order valence-electron chi connectivity index (χ0n) is 9.78. The van der Waals surface area contributed by atoms with Gasteiger partial charge in [-0.25, -0.2) is 0 Å². The summed E-state index contributed by atoms with van der Waals surface area (Å²) < 4.78 is 10.1. The van der Waals surface area contributed by atoms with Gasteiger partial charge in [-0.2, -0.15) is 5.26 Å². The molecule has 0 amide bonds. The molecule has 0 heterocycles. The third-order valence-electron chi connectivity index (χ3n) is 2.35. The van der Waals surface area contributed by atoms with Crippen molar-refractivity contribution >= 4 is 5.69 Å². The summed E-state index contributed by atoms with van der Waals surface area (Å²) in [4.78, 5) is 0. The van der Waals surface area contributed by atoms with Crippen LogP contribution in [0, 0.1) is 18.3 Å². The van der Waals surface area contributed by atoms with Crippen LogP contribution in [0.5, 0.6) is 0 Å². The highest BCUT2D eigenvalue weighted by Crippen LogP contribution is 2.16. The summed E-state index contributed by atoms with van der Waals surface area (Å²) >= 11 is 0. The average Bonchev–Trinajstić information content (AvgIpc) is 2.32. The molecule has 0 bridgehead atoms. The zero-order chi connectivity index (χ0) is 12.0. The standard InChI is InChI=1S/C12H16N2O2/c1-9-4-5-10(7-13)6-11(9)14-8-12(15-2)16-3/h4-6,12,14H,8H2,1-3H3. The molecule has 1 N–H and O–H groups in total. The van der Waals surface area contributed by atoms with Crippen molar-refractivity contribution in [3.05, 3.63) is 29.3 Å². The van der Waals surface area contributed by atoms with Gasteiger partial charge in [-0.1, -0.05) is 6.07 Å². The second-order valence-electron chi connectivity index (χ2n) is 3.42. The lowest BCUT2D eigenvalue weighted by Crippen LogP contribution is -2.23. The first kappa shape index (κ1) is 12.5. The maximum absolute atomic E-state index is 8.80. The number of aryl methyl sites for hydroxylation is 1. The van der Waals surface area contributed by atoms with Gasteiger partial charge in [-0.05, 0) is 24.6 Å². The highest BCUT2D eigenvalue weighted by atomic mass is 16.7. The summed E-state index contributed by atoms with van der Waals surface area (Å²) in [6, 6.07) is 7.63. The Labute approximate surface area is 95.8 Å². The monoisotopic (exact) mass is 220 g/mol. The van der Waals surface area contributed by atoms with Crippen LogP contribution in [0.15, 0.2) is 18.2 Å². The molecule has 86 valence electrons. The summed E-state index contributed by atoms with van der Waals surface area (Å²) in [5, 5.41) is 12.0. The normalized spacial score (nSPS) is 10.2. The van der Waals surface area contributed by atoms with E-state index in [2.05, 4.69) is 11.4 Å². The smallest absolute Gasteiger partial charge is 0.173 e. The number of hydrogen-bond acceptors (Lipinski definition) is 4. The fourth-order valence-corrected chi connectivity index (χ4v) is 1.34. The van der Waals surface area contributed by atoms with Gasteiger partial charge in [0.05, 0.1) is 18.2 Å². The SMILES string of the molecule is COC(CNc1cc(C#N)ccc1C)OC. The van der Waals surface area contributed by atoms with Gasteiger partial charge in [0.25, 0.3) is 0 Å². The maximum atomic E-state index is 8.80. The number of methoxy groups -OCH3 is 2. The second kappa shape index (κ2) is 6.11. The van der Waals surface area contributed by atoms with Crippen molar-refractivity contribution in [2.75, 3.05) is 26.1 Å². The van der Waals surface area contributed by atoms with E-state index in [4.69, 9.17) is 14.7 Å². The number of benzene rings is 1. The Morgan fingerprint density at radius 2 is 2.06 bits per heavy atom. The predicted molar refractivity (Wildman–Crippen MR) is 62.2 cm³/mol. The quantitative estimate of drug-likeness (QED) is 0.770. The lowest BCUT2D eigenvalue weighted by Gasteiger charge is -2.16. The minimum Gasteiger partial charge on any atom is -0.380 e. The zero-order valence-corrected chi connectivity index (χ0v) is 9.78. The molecule has 0 atom stereocenters. The van der Waals surface area contributed by atoms with Gasteiger partial charge in [-0.3, -0.25) is 0 Å². The fourth-order valence-electron chi connectivity index (χ4n) is 1.34. The molecule has 0 spiro atoms. The number of nitriles is 1. The molecule has 0 saturated heterocycles. The van der Waals surface area contributed by atoms with Crippen LogP contribution in [-0.2, 0) is 9.47 Å². The van der Waals surface area contributed by atoms with Crippen molar-refractivity contribution < 1.29 is 9.47 Å². The number of anilines is 1. The third-order valence-corrected chi connectivity index (χ3v) is 2.35. The minimum absolute atomic E-state index is 0.287. The van der Waals surface area contributed by atoms with Gasteiger partial charge in [0, 0.05) is 19.9 Å². The Morgan fingerprint density at radius 1 is 1.38 bits per heavy atom. The van der Waals surface area contributed by atoms with E-state index in [1.54, 1.807) is 20.3 Å². The molecular weight excluding hydrogens is 204 g/mol. The molecule has 0 aliphatic rings. The predicted octanol–water partition coefficient (Wildman–Crippen LogP) is 1.90. The van der Waals surface area contributed by atoms with Crippen LogP contribution in [0.3, 0.4) is 0 Å². The molecular formula is C12H16N2O2. The van der Waals surface area contributed by atoms with Crippen LogP contribution in [-0.4, -0.2) is 27.1 Å². The highest BCUT2D eigenvalue weighted by Gasteiger charge is 2.06. The van der Waals surface area contributed by atoms with Gasteiger partial charge >= 0.3 is 0 Å². The first-order chi connectivity index (χ1) is 7.71. The van der Waals surface area contributed by atoms with E-state index in [1.807, 2.05) is 19.1 Å². The van der Waals surface area contributed by atoms with E-state index in [0.29, 0.717) is 12.1 Å². The van der Waals surface area contributed by atoms with Crippen LogP contribution in [0.2, 0.25) is 0 Å². The first-order valence-electron chi connectivity index (χ1n) is 5.01. The lowest BCUT2D eigenvalue weighted by molar-refractivity contribution is -0.0914. The number of ether oxygens (including phenoxy) is 2. The van der Waals surface area contributed by atoms with Gasteiger partial charge in [0.2, 0.25) is 0 Å². The Balaban J connectivity index is 2.69. The van der Waals surface area contributed by atoms with Gasteiger partial charge < -0.3 is 14.8 Å². The first-order valence-corrected chi connectivity index (χ1v) is 5.01. The lowest BCUT2D eigenvalue weighted by atomic mass is 10.1. The Bertz CT molecular complexity index is 381. The summed E-state index contributed by atoms with van der Waals surface area (Å²) in [6.45, 7) is 2.53. The molecule has 0 aliphatic carbocycles. The summed E-state index contributed by atoms with van der Waals surface area (Å²) in [5.41, 5.74) is 2.66. The number of nitrogens with one attached hydrogen (secondary N) is 1. The summed E-state index contributed by atoms with van der Waals surface area (Å²) in [7, 11) is 3.18. The van der Waals surface area contributed by atoms with Crippen molar-refractivity contribution in [3.63, 3.8) is 0 Å². The van der Waals surface area contributed by atoms with Crippen molar-refractivity contribution in [3.8, 4) is 6.07 Å². The van der Waals surface area contributed by atoms with Crippen LogP contribution in [0.1, 0.15) is 11.1 Å². The Hall–Kier alpha value is -1.57. The van der Waals surface area contributed by atoms with E-state index >= 15 is 0 Å². The largest absolute Gasteiger partial charge is 0.380 e. The Kier molecular flexibility index (Phi) is 4.77. The van der Waals surface area contributed by atoms with Gasteiger partial charge in [0.15, 0.2) is 6.29 Å². The molecule has 1 aromatic rings. The van der Waals surface area contributed by atoms with Crippen LogP contribution < -0.4 is 5.32 Å². The molecule has 0 saturated carbocycles. The van der Waals surface area contributed by atoms with Crippen molar-refractivity contribution in [1.29, 1.82) is 5.26 Å².